The van der Waals surface area contributed by atoms with Gasteiger partial charge in [-0.2, -0.15) is 4.31 Å². The van der Waals surface area contributed by atoms with Gasteiger partial charge >= 0.3 is 0 Å². The first-order chi connectivity index (χ1) is 14.5. The lowest BCUT2D eigenvalue weighted by molar-refractivity contribution is -0.928. The van der Waals surface area contributed by atoms with E-state index in [1.807, 2.05) is 30.3 Å². The summed E-state index contributed by atoms with van der Waals surface area (Å²) in [5, 5.41) is 4.34. The summed E-state index contributed by atoms with van der Waals surface area (Å²) in [6, 6.07) is 10.1. The molecule has 0 bridgehead atoms. The summed E-state index contributed by atoms with van der Waals surface area (Å²) in [6.45, 7) is 6.20. The van der Waals surface area contributed by atoms with E-state index in [0.29, 0.717) is 32.5 Å². The Hall–Kier alpha value is -1.70. The maximum atomic E-state index is 12.6. The molecule has 2 fully saturated rings. The molecule has 1 aromatic carbocycles. The van der Waals surface area contributed by atoms with Crippen LogP contribution in [0.5, 0.6) is 0 Å². The first-order valence-corrected chi connectivity index (χ1v) is 12.8. The number of piperidine rings is 2. The number of amides is 1. The molecule has 0 saturated carbocycles. The minimum absolute atomic E-state index is 0.0774. The average molecular weight is 435 g/mol. The molecule has 0 spiro atoms. The van der Waals surface area contributed by atoms with Crippen molar-refractivity contribution in [2.24, 2.45) is 5.92 Å². The zero-order valence-corrected chi connectivity index (χ0v) is 18.9. The van der Waals surface area contributed by atoms with Gasteiger partial charge in [-0.25, -0.2) is 8.42 Å². The maximum Gasteiger partial charge on any atom is 0.236 e. The molecule has 0 aliphatic carbocycles. The van der Waals surface area contributed by atoms with E-state index < -0.39 is 10.0 Å². The Kier molecular flexibility index (Phi) is 8.48. The number of hydrogen-bond donors (Lipinski definition) is 2. The van der Waals surface area contributed by atoms with Gasteiger partial charge in [0, 0.05) is 37.4 Å². The fourth-order valence-corrected chi connectivity index (χ4v) is 5.70. The van der Waals surface area contributed by atoms with Gasteiger partial charge in [-0.05, 0) is 50.7 Å². The lowest BCUT2D eigenvalue weighted by atomic mass is 9.97. The van der Waals surface area contributed by atoms with Crippen LogP contribution in [0, 0.1) is 5.92 Å². The summed E-state index contributed by atoms with van der Waals surface area (Å²) in [5.74, 6) is -0.00983. The van der Waals surface area contributed by atoms with Gasteiger partial charge < -0.3 is 10.2 Å². The van der Waals surface area contributed by atoms with Crippen molar-refractivity contribution in [1.29, 1.82) is 0 Å². The van der Waals surface area contributed by atoms with Gasteiger partial charge in [0.15, 0.2) is 0 Å². The summed E-state index contributed by atoms with van der Waals surface area (Å²) in [7, 11) is -3.45. The highest BCUT2D eigenvalue weighted by Crippen LogP contribution is 2.21. The summed E-state index contributed by atoms with van der Waals surface area (Å²) < 4.78 is 26.6. The number of sulfonamides is 1. The second-order valence-electron chi connectivity index (χ2n) is 8.63. The fourth-order valence-electron chi connectivity index (χ4n) is 4.48. The number of quaternary nitrogens is 1. The van der Waals surface area contributed by atoms with Crippen molar-refractivity contribution in [3.05, 3.63) is 41.3 Å². The molecule has 6 nitrogen and oxygen atoms in total. The Morgan fingerprint density at radius 3 is 2.60 bits per heavy atom. The summed E-state index contributed by atoms with van der Waals surface area (Å²) in [5.41, 5.74) is 0.858. The molecule has 2 saturated heterocycles. The smallest absolute Gasteiger partial charge is 0.236 e. The van der Waals surface area contributed by atoms with Crippen molar-refractivity contribution in [2.45, 2.75) is 51.5 Å². The number of rotatable bonds is 8. The molecule has 2 N–H and O–H groups in total. The van der Waals surface area contributed by atoms with Crippen molar-refractivity contribution in [3.8, 4) is 0 Å². The van der Waals surface area contributed by atoms with Crippen LogP contribution in [-0.4, -0.2) is 57.4 Å². The minimum atomic E-state index is -3.45. The van der Waals surface area contributed by atoms with Gasteiger partial charge in [0.1, 0.15) is 0 Å². The third-order valence-electron chi connectivity index (χ3n) is 6.47. The molecule has 7 heteroatoms. The monoisotopic (exact) mass is 434 g/mol. The van der Waals surface area contributed by atoms with E-state index in [9.17, 15) is 13.2 Å². The van der Waals surface area contributed by atoms with E-state index in [-0.39, 0.29) is 11.8 Å². The van der Waals surface area contributed by atoms with Crippen molar-refractivity contribution in [1.82, 2.24) is 9.62 Å². The van der Waals surface area contributed by atoms with Crippen LogP contribution in [-0.2, 0) is 14.8 Å². The molecule has 0 radical (unpaired) electrons. The van der Waals surface area contributed by atoms with Crippen LogP contribution in [0.1, 0.15) is 51.0 Å². The van der Waals surface area contributed by atoms with Crippen LogP contribution in [0.4, 0.5) is 0 Å². The third kappa shape index (κ3) is 6.65. The largest absolute Gasteiger partial charge is 0.356 e. The van der Waals surface area contributed by atoms with Crippen LogP contribution in [0.15, 0.2) is 35.7 Å². The molecule has 1 amide bonds. The molecule has 1 aromatic rings. The molecule has 0 aromatic heterocycles. The Balaban J connectivity index is 1.38. The zero-order valence-electron chi connectivity index (χ0n) is 18.1. The van der Waals surface area contributed by atoms with Gasteiger partial charge in [-0.15, -0.1) is 0 Å². The third-order valence-corrected chi connectivity index (χ3v) is 8.04. The zero-order chi connectivity index (χ0) is 21.4. The van der Waals surface area contributed by atoms with Gasteiger partial charge in [0.05, 0.1) is 19.1 Å². The van der Waals surface area contributed by atoms with Crippen molar-refractivity contribution in [3.63, 3.8) is 0 Å². The van der Waals surface area contributed by atoms with E-state index in [4.69, 9.17) is 0 Å². The average Bonchev–Trinajstić information content (AvgIpc) is 2.77. The second kappa shape index (κ2) is 11.1. The Morgan fingerprint density at radius 1 is 1.17 bits per heavy atom. The minimum Gasteiger partial charge on any atom is -0.356 e. The fraction of sp³-hybridized carbons (Fsp3) is 0.609. The van der Waals surface area contributed by atoms with Gasteiger partial charge in [-0.3, -0.25) is 4.79 Å². The predicted octanol–water partition coefficient (Wildman–Crippen LogP) is 1.66. The molecule has 166 valence electrons. The van der Waals surface area contributed by atoms with Crippen LogP contribution >= 0.6 is 0 Å². The van der Waals surface area contributed by atoms with Crippen LogP contribution in [0.25, 0.3) is 6.08 Å². The first-order valence-electron chi connectivity index (χ1n) is 11.3. The summed E-state index contributed by atoms with van der Waals surface area (Å²) >= 11 is 0. The lowest BCUT2D eigenvalue weighted by Gasteiger charge is -2.31. The number of carbonyl (C=O) groups excluding carboxylic acids is 1. The first kappa shape index (κ1) is 23.0. The number of nitrogens with one attached hydrogen (secondary N) is 2. The van der Waals surface area contributed by atoms with E-state index in [1.54, 1.807) is 11.0 Å². The summed E-state index contributed by atoms with van der Waals surface area (Å²) in [6.07, 6.45) is 7.76. The van der Waals surface area contributed by atoms with Crippen LogP contribution in [0.2, 0.25) is 0 Å². The standard InChI is InChI=1S/C23H35N3O3S/c1-20-8-5-6-15-25(20)16-7-14-24-23(27)22-11-17-26(18-12-22)30(28,29)19-13-21-9-3-2-4-10-21/h2-4,9-10,13,19-20,22H,5-8,11-12,14-18H2,1H3,(H,24,27)/p+1/b19-13+/t20-/m0/s1. The van der Waals surface area contributed by atoms with Crippen molar-refractivity contribution < 1.29 is 18.1 Å². The van der Waals surface area contributed by atoms with E-state index in [1.165, 1.54) is 35.5 Å². The SMILES string of the molecule is C[C@H]1CCCC[NH+]1CCCNC(=O)C1CCN(S(=O)(=O)/C=C/c2ccccc2)CC1. The second-order valence-corrected chi connectivity index (χ2v) is 10.4. The molecule has 3 rings (SSSR count). The summed E-state index contributed by atoms with van der Waals surface area (Å²) in [4.78, 5) is 14.1. The van der Waals surface area contributed by atoms with Crippen LogP contribution < -0.4 is 10.2 Å². The number of likely N-dealkylation sites (tertiary alicyclic amines) is 1. The maximum absolute atomic E-state index is 12.6. The van der Waals surface area contributed by atoms with Gasteiger partial charge in [0.2, 0.25) is 15.9 Å². The number of nitrogens with zero attached hydrogens (tertiary/aromatic N) is 1. The molecule has 1 unspecified atom stereocenters. The highest BCUT2D eigenvalue weighted by molar-refractivity contribution is 7.92. The van der Waals surface area contributed by atoms with Gasteiger partial charge in [0.25, 0.3) is 0 Å². The molecule has 2 aliphatic rings. The highest BCUT2D eigenvalue weighted by Gasteiger charge is 2.30. The molecular formula is C23H36N3O3S+. The van der Waals surface area contributed by atoms with Gasteiger partial charge in [-0.1, -0.05) is 30.3 Å². The Labute approximate surface area is 181 Å². The topological polar surface area (TPSA) is 70.9 Å². The number of hydrogen-bond acceptors (Lipinski definition) is 3. The Morgan fingerprint density at radius 2 is 1.90 bits per heavy atom. The molecule has 2 atom stereocenters. The molecule has 30 heavy (non-hydrogen) atoms. The van der Waals surface area contributed by atoms with Crippen molar-refractivity contribution in [2.75, 3.05) is 32.7 Å². The molecular weight excluding hydrogens is 398 g/mol. The quantitative estimate of drug-likeness (QED) is 0.612. The van der Waals surface area contributed by atoms with E-state index >= 15 is 0 Å². The van der Waals surface area contributed by atoms with E-state index in [0.717, 1.165) is 24.6 Å². The molecule has 2 heterocycles. The number of carbonyl (C=O) groups is 1. The number of benzene rings is 1. The van der Waals surface area contributed by atoms with Crippen LogP contribution in [0.3, 0.4) is 0 Å². The highest BCUT2D eigenvalue weighted by atomic mass is 32.2. The predicted molar refractivity (Wildman–Crippen MR) is 120 cm³/mol. The van der Waals surface area contributed by atoms with E-state index in [2.05, 4.69) is 12.2 Å². The molecule has 2 aliphatic heterocycles. The lowest BCUT2D eigenvalue weighted by Crippen LogP contribution is -3.16. The normalized spacial score (nSPS) is 24.2. The van der Waals surface area contributed by atoms with Crippen molar-refractivity contribution >= 4 is 22.0 Å². The Bertz CT molecular complexity index is 802.